The molecule has 2 nitrogen and oxygen atoms in total. The highest BCUT2D eigenvalue weighted by molar-refractivity contribution is 5.97. The molecular formula is C25H30O2. The number of ketones is 1. The largest absolute Gasteiger partial charge is 0.472 e. The molecule has 2 aliphatic carbocycles. The lowest BCUT2D eigenvalue weighted by Gasteiger charge is -2.47. The van der Waals surface area contributed by atoms with Gasteiger partial charge in [-0.1, -0.05) is 30.2 Å². The second-order valence-corrected chi connectivity index (χ2v) is 9.01. The van der Waals surface area contributed by atoms with E-state index in [4.69, 9.17) is 4.42 Å². The van der Waals surface area contributed by atoms with Gasteiger partial charge in [0.1, 0.15) is 0 Å². The van der Waals surface area contributed by atoms with Crippen LogP contribution >= 0.6 is 0 Å². The van der Waals surface area contributed by atoms with Crippen molar-refractivity contribution in [2.24, 2.45) is 5.41 Å². The van der Waals surface area contributed by atoms with Crippen molar-refractivity contribution in [1.29, 1.82) is 0 Å². The fourth-order valence-corrected chi connectivity index (χ4v) is 6.07. The summed E-state index contributed by atoms with van der Waals surface area (Å²) >= 11 is 0. The van der Waals surface area contributed by atoms with Gasteiger partial charge in [-0.3, -0.25) is 4.79 Å². The number of carbonyl (C=O) groups is 1. The Balaban J connectivity index is 1.91. The lowest BCUT2D eigenvalue weighted by molar-refractivity contribution is -0.117. The first-order valence-corrected chi connectivity index (χ1v) is 10.1. The molecule has 2 aromatic rings. The van der Waals surface area contributed by atoms with E-state index in [1.165, 1.54) is 33.4 Å². The molecule has 0 radical (unpaired) electrons. The number of rotatable bonds is 3. The van der Waals surface area contributed by atoms with Crippen molar-refractivity contribution in [3.63, 3.8) is 0 Å². The van der Waals surface area contributed by atoms with Gasteiger partial charge in [0.15, 0.2) is 5.78 Å². The number of furan rings is 1. The lowest BCUT2D eigenvalue weighted by atomic mass is 9.55. The van der Waals surface area contributed by atoms with Gasteiger partial charge < -0.3 is 4.42 Å². The summed E-state index contributed by atoms with van der Waals surface area (Å²) in [7, 11) is 0. The van der Waals surface area contributed by atoms with Crippen LogP contribution in [0, 0.1) is 26.2 Å². The Labute approximate surface area is 162 Å². The Bertz CT molecular complexity index is 908. The molecule has 1 fully saturated rings. The molecule has 2 aliphatic rings. The first-order chi connectivity index (χ1) is 12.8. The summed E-state index contributed by atoms with van der Waals surface area (Å²) in [6.45, 7) is 11.1. The number of allylic oxidation sites excluding steroid dienone is 2. The number of benzene rings is 1. The van der Waals surface area contributed by atoms with E-state index in [9.17, 15) is 4.79 Å². The molecular weight excluding hydrogens is 332 g/mol. The summed E-state index contributed by atoms with van der Waals surface area (Å²) < 4.78 is 5.56. The molecule has 1 aromatic carbocycles. The summed E-state index contributed by atoms with van der Waals surface area (Å²) in [5.41, 5.74) is 9.23. The molecule has 27 heavy (non-hydrogen) atoms. The maximum absolute atomic E-state index is 12.4. The van der Waals surface area contributed by atoms with Crippen LogP contribution in [0.3, 0.4) is 0 Å². The summed E-state index contributed by atoms with van der Waals surface area (Å²) in [5.74, 6) is 0.341. The monoisotopic (exact) mass is 362 g/mol. The number of aryl methyl sites for hydroxylation is 3. The van der Waals surface area contributed by atoms with E-state index in [0.717, 1.165) is 31.3 Å². The molecule has 2 atom stereocenters. The summed E-state index contributed by atoms with van der Waals surface area (Å²) in [6.07, 6.45) is 8.45. The molecule has 1 aromatic heterocycles. The standard InChI is InChI=1S/C25H30O2/c1-16-12-17(2)21(18(3)13-16)14-25(20-8-11-27-15-20)10-6-22-19(4)23(26)7-9-24(22,25)5/h8,11-13,15H,6-7,9-10,14H2,1-5H3/t24-,25+/m1/s1. The van der Waals surface area contributed by atoms with Crippen molar-refractivity contribution < 1.29 is 9.21 Å². The molecule has 142 valence electrons. The van der Waals surface area contributed by atoms with Gasteiger partial charge in [0.05, 0.1) is 12.5 Å². The summed E-state index contributed by atoms with van der Waals surface area (Å²) in [4.78, 5) is 12.4. The second-order valence-electron chi connectivity index (χ2n) is 9.01. The van der Waals surface area contributed by atoms with E-state index in [0.29, 0.717) is 12.2 Å². The fraction of sp³-hybridized carbons (Fsp3) is 0.480. The van der Waals surface area contributed by atoms with Crippen LogP contribution < -0.4 is 0 Å². The fourth-order valence-electron chi connectivity index (χ4n) is 6.07. The molecule has 0 saturated heterocycles. The normalized spacial score (nSPS) is 28.0. The predicted octanol–water partition coefficient (Wildman–Crippen LogP) is 6.16. The van der Waals surface area contributed by atoms with Crippen LogP contribution in [0.4, 0.5) is 0 Å². The van der Waals surface area contributed by atoms with Gasteiger partial charge in [-0.15, -0.1) is 0 Å². The number of hydrogen-bond acceptors (Lipinski definition) is 2. The average Bonchev–Trinajstić information content (AvgIpc) is 3.23. The van der Waals surface area contributed by atoms with Crippen molar-refractivity contribution >= 4 is 5.78 Å². The van der Waals surface area contributed by atoms with Gasteiger partial charge >= 0.3 is 0 Å². The number of carbonyl (C=O) groups excluding carboxylic acids is 1. The van der Waals surface area contributed by atoms with Crippen molar-refractivity contribution in [3.8, 4) is 0 Å². The van der Waals surface area contributed by atoms with E-state index in [-0.39, 0.29) is 10.8 Å². The molecule has 1 heterocycles. The lowest BCUT2D eigenvalue weighted by Crippen LogP contribution is -2.44. The van der Waals surface area contributed by atoms with E-state index in [1.54, 1.807) is 6.26 Å². The molecule has 4 rings (SSSR count). The van der Waals surface area contributed by atoms with Crippen LogP contribution in [-0.4, -0.2) is 5.78 Å². The van der Waals surface area contributed by atoms with Crippen LogP contribution in [-0.2, 0) is 16.6 Å². The Kier molecular flexibility index (Phi) is 4.21. The number of fused-ring (bicyclic) bond motifs is 1. The van der Waals surface area contributed by atoms with Crippen molar-refractivity contribution in [2.75, 3.05) is 0 Å². The molecule has 0 unspecified atom stereocenters. The SMILES string of the molecule is CC1=C2CC[C@](Cc3c(C)cc(C)cc3C)(c3ccoc3)[C@]2(C)CCC1=O. The Morgan fingerprint density at radius 1 is 1.04 bits per heavy atom. The molecule has 0 spiro atoms. The van der Waals surface area contributed by atoms with E-state index in [1.807, 2.05) is 13.2 Å². The Morgan fingerprint density at radius 2 is 1.74 bits per heavy atom. The minimum atomic E-state index is -0.0118. The third-order valence-electron chi connectivity index (χ3n) is 7.64. The van der Waals surface area contributed by atoms with Crippen molar-refractivity contribution in [1.82, 2.24) is 0 Å². The van der Waals surface area contributed by atoms with Crippen molar-refractivity contribution in [2.45, 2.75) is 72.1 Å². The predicted molar refractivity (Wildman–Crippen MR) is 109 cm³/mol. The van der Waals surface area contributed by atoms with Gasteiger partial charge in [0.2, 0.25) is 0 Å². The maximum atomic E-state index is 12.4. The molecule has 0 aliphatic heterocycles. The quantitative estimate of drug-likeness (QED) is 0.654. The third-order valence-corrected chi connectivity index (χ3v) is 7.64. The van der Waals surface area contributed by atoms with Gasteiger partial charge in [-0.05, 0) is 92.7 Å². The summed E-state index contributed by atoms with van der Waals surface area (Å²) in [5, 5.41) is 0. The number of hydrogen-bond donors (Lipinski definition) is 0. The zero-order valence-corrected chi connectivity index (χ0v) is 17.2. The molecule has 1 saturated carbocycles. The second kappa shape index (κ2) is 6.22. The van der Waals surface area contributed by atoms with Crippen LogP contribution in [0.25, 0.3) is 0 Å². The van der Waals surface area contributed by atoms with E-state index < -0.39 is 0 Å². The van der Waals surface area contributed by atoms with Gasteiger partial charge in [0, 0.05) is 11.8 Å². The minimum Gasteiger partial charge on any atom is -0.472 e. The van der Waals surface area contributed by atoms with Crippen molar-refractivity contribution in [3.05, 3.63) is 69.7 Å². The number of Topliss-reactive ketones (excluding diaryl/α,β-unsaturated/α-hetero) is 1. The minimum absolute atomic E-state index is 0.0118. The Hall–Kier alpha value is -2.09. The van der Waals surface area contributed by atoms with E-state index in [2.05, 4.69) is 45.9 Å². The zero-order valence-electron chi connectivity index (χ0n) is 17.2. The molecule has 0 N–H and O–H groups in total. The first kappa shape index (κ1) is 18.3. The highest BCUT2D eigenvalue weighted by Crippen LogP contribution is 2.63. The molecule has 0 bridgehead atoms. The molecule has 2 heteroatoms. The van der Waals surface area contributed by atoms with Crippen LogP contribution in [0.5, 0.6) is 0 Å². The van der Waals surface area contributed by atoms with Gasteiger partial charge in [-0.25, -0.2) is 0 Å². The smallest absolute Gasteiger partial charge is 0.158 e. The van der Waals surface area contributed by atoms with Gasteiger partial charge in [0.25, 0.3) is 0 Å². The topological polar surface area (TPSA) is 30.2 Å². The molecule has 0 amide bonds. The average molecular weight is 363 g/mol. The third kappa shape index (κ3) is 2.56. The van der Waals surface area contributed by atoms with Crippen LogP contribution in [0.15, 0.2) is 46.3 Å². The highest BCUT2D eigenvalue weighted by Gasteiger charge is 2.57. The maximum Gasteiger partial charge on any atom is 0.158 e. The van der Waals surface area contributed by atoms with Crippen LogP contribution in [0.1, 0.15) is 67.3 Å². The first-order valence-electron chi connectivity index (χ1n) is 10.1. The van der Waals surface area contributed by atoms with Crippen LogP contribution in [0.2, 0.25) is 0 Å². The van der Waals surface area contributed by atoms with E-state index >= 15 is 0 Å². The zero-order chi connectivity index (χ0) is 19.4. The van der Waals surface area contributed by atoms with Gasteiger partial charge in [-0.2, -0.15) is 0 Å². The highest BCUT2D eigenvalue weighted by atomic mass is 16.3. The Morgan fingerprint density at radius 3 is 2.37 bits per heavy atom. The summed E-state index contributed by atoms with van der Waals surface area (Å²) in [6, 6.07) is 6.75.